The molecular formula is C6H5N3O2S. The molecule has 6 heteroatoms. The standard InChI is InChI=1S/C6H5N3O2S/c10-9(11)5-2-1-4-3-12-8-6(4)7-5/h1-2H,3H2,(H,7,8). The molecule has 5 nitrogen and oxygen atoms in total. The average molecular weight is 183 g/mol. The number of nitrogens with zero attached hydrogens (tertiary/aromatic N) is 2. The first-order valence-electron chi connectivity index (χ1n) is 3.29. The van der Waals surface area contributed by atoms with Gasteiger partial charge in [0.15, 0.2) is 0 Å². The summed E-state index contributed by atoms with van der Waals surface area (Å²) in [5.41, 5.74) is 1.02. The number of aromatic nitrogens is 1. The third-order valence-electron chi connectivity index (χ3n) is 1.55. The maximum atomic E-state index is 10.3. The van der Waals surface area contributed by atoms with Crippen LogP contribution in [-0.4, -0.2) is 9.91 Å². The van der Waals surface area contributed by atoms with E-state index in [1.165, 1.54) is 18.0 Å². The number of rotatable bonds is 1. The summed E-state index contributed by atoms with van der Waals surface area (Å²) < 4.78 is 2.90. The lowest BCUT2D eigenvalue weighted by molar-refractivity contribution is -0.389. The summed E-state index contributed by atoms with van der Waals surface area (Å²) in [5.74, 6) is 1.33. The van der Waals surface area contributed by atoms with Crippen molar-refractivity contribution < 1.29 is 4.92 Å². The van der Waals surface area contributed by atoms with E-state index in [4.69, 9.17) is 0 Å². The molecule has 1 aliphatic heterocycles. The third-order valence-corrected chi connectivity index (χ3v) is 2.34. The number of hydrogen-bond donors (Lipinski definition) is 1. The van der Waals surface area contributed by atoms with Crippen molar-refractivity contribution >= 4 is 23.6 Å². The van der Waals surface area contributed by atoms with Crippen LogP contribution in [0.25, 0.3) is 0 Å². The Kier molecular flexibility index (Phi) is 1.61. The van der Waals surface area contributed by atoms with E-state index in [2.05, 4.69) is 9.71 Å². The zero-order valence-electron chi connectivity index (χ0n) is 5.98. The molecule has 0 unspecified atom stereocenters. The van der Waals surface area contributed by atoms with Crippen molar-refractivity contribution in [2.75, 3.05) is 4.72 Å². The Morgan fingerprint density at radius 3 is 3.25 bits per heavy atom. The van der Waals surface area contributed by atoms with Crippen LogP contribution in [0.1, 0.15) is 5.56 Å². The van der Waals surface area contributed by atoms with Crippen LogP contribution >= 0.6 is 11.9 Å². The predicted molar refractivity (Wildman–Crippen MR) is 45.8 cm³/mol. The van der Waals surface area contributed by atoms with E-state index >= 15 is 0 Å². The highest BCUT2D eigenvalue weighted by Crippen LogP contribution is 2.30. The molecule has 0 saturated heterocycles. The van der Waals surface area contributed by atoms with Crippen LogP contribution in [0, 0.1) is 10.1 Å². The molecule has 0 saturated carbocycles. The lowest BCUT2D eigenvalue weighted by Crippen LogP contribution is -1.94. The fourth-order valence-corrected chi connectivity index (χ4v) is 1.74. The normalized spacial score (nSPS) is 13.7. The number of hydrogen-bond acceptors (Lipinski definition) is 5. The molecule has 1 N–H and O–H groups in total. The molecule has 2 heterocycles. The van der Waals surface area contributed by atoms with Crippen LogP contribution in [0.15, 0.2) is 12.1 Å². The summed E-state index contributed by atoms with van der Waals surface area (Å²) in [6.45, 7) is 0. The maximum absolute atomic E-state index is 10.3. The van der Waals surface area contributed by atoms with Gasteiger partial charge in [-0.25, -0.2) is 0 Å². The van der Waals surface area contributed by atoms with Gasteiger partial charge in [-0.2, -0.15) is 0 Å². The second kappa shape index (κ2) is 2.63. The minimum Gasteiger partial charge on any atom is -0.358 e. The molecule has 0 aliphatic carbocycles. The number of nitro groups is 1. The number of fused-ring (bicyclic) bond motifs is 1. The van der Waals surface area contributed by atoms with Crippen molar-refractivity contribution in [1.82, 2.24) is 4.98 Å². The Morgan fingerprint density at radius 1 is 1.67 bits per heavy atom. The van der Waals surface area contributed by atoms with E-state index in [1.54, 1.807) is 6.07 Å². The highest BCUT2D eigenvalue weighted by molar-refractivity contribution is 8.00. The van der Waals surface area contributed by atoms with Gasteiger partial charge < -0.3 is 10.1 Å². The molecule has 0 amide bonds. The Bertz CT molecular complexity index is 342. The maximum Gasteiger partial charge on any atom is 0.365 e. The lowest BCUT2D eigenvalue weighted by Gasteiger charge is -1.93. The summed E-state index contributed by atoms with van der Waals surface area (Å²) in [4.78, 5) is 13.6. The largest absolute Gasteiger partial charge is 0.365 e. The Morgan fingerprint density at radius 2 is 2.50 bits per heavy atom. The van der Waals surface area contributed by atoms with Crippen molar-refractivity contribution in [3.05, 3.63) is 27.8 Å². The quantitative estimate of drug-likeness (QED) is 0.406. The van der Waals surface area contributed by atoms with Crippen LogP contribution in [0.5, 0.6) is 0 Å². The molecular weight excluding hydrogens is 178 g/mol. The second-order valence-corrected chi connectivity index (χ2v) is 3.11. The zero-order chi connectivity index (χ0) is 8.55. The highest BCUT2D eigenvalue weighted by atomic mass is 32.2. The Hall–Kier alpha value is -1.30. The molecule has 62 valence electrons. The molecule has 0 atom stereocenters. The fourth-order valence-electron chi connectivity index (χ4n) is 0.966. The van der Waals surface area contributed by atoms with Gasteiger partial charge in [0, 0.05) is 17.4 Å². The van der Waals surface area contributed by atoms with Gasteiger partial charge in [-0.15, -0.1) is 0 Å². The van der Waals surface area contributed by atoms with E-state index in [-0.39, 0.29) is 5.82 Å². The van der Waals surface area contributed by atoms with Crippen LogP contribution in [0.4, 0.5) is 11.6 Å². The van der Waals surface area contributed by atoms with E-state index in [0.29, 0.717) is 5.82 Å². The molecule has 2 rings (SSSR count). The van der Waals surface area contributed by atoms with Crippen molar-refractivity contribution in [3.63, 3.8) is 0 Å². The molecule has 0 radical (unpaired) electrons. The predicted octanol–water partition coefficient (Wildman–Crippen LogP) is 1.56. The average Bonchev–Trinajstić information content (AvgIpc) is 2.49. The molecule has 1 aliphatic rings. The van der Waals surface area contributed by atoms with E-state index in [9.17, 15) is 10.1 Å². The monoisotopic (exact) mass is 183 g/mol. The van der Waals surface area contributed by atoms with E-state index < -0.39 is 4.92 Å². The summed E-state index contributed by atoms with van der Waals surface area (Å²) in [5, 5.41) is 10.3. The van der Waals surface area contributed by atoms with Crippen LogP contribution < -0.4 is 4.72 Å². The highest BCUT2D eigenvalue weighted by Gasteiger charge is 2.19. The van der Waals surface area contributed by atoms with E-state index in [1.807, 2.05) is 0 Å². The lowest BCUT2D eigenvalue weighted by atomic mass is 10.3. The molecule has 0 aromatic carbocycles. The van der Waals surface area contributed by atoms with Crippen LogP contribution in [0.2, 0.25) is 0 Å². The van der Waals surface area contributed by atoms with Crippen LogP contribution in [-0.2, 0) is 5.75 Å². The Balaban J connectivity index is 2.45. The molecule has 0 fully saturated rings. The number of nitrogens with one attached hydrogen (secondary N) is 1. The fraction of sp³-hybridized carbons (Fsp3) is 0.167. The van der Waals surface area contributed by atoms with Gasteiger partial charge in [-0.1, -0.05) is 0 Å². The smallest absolute Gasteiger partial charge is 0.358 e. The van der Waals surface area contributed by atoms with Crippen molar-refractivity contribution in [2.24, 2.45) is 0 Å². The number of pyridine rings is 1. The first kappa shape index (κ1) is 7.35. The van der Waals surface area contributed by atoms with Crippen molar-refractivity contribution in [1.29, 1.82) is 0 Å². The van der Waals surface area contributed by atoms with Gasteiger partial charge in [0.2, 0.25) is 0 Å². The SMILES string of the molecule is O=[N+]([O-])c1ccc2c(n1)NSC2. The van der Waals surface area contributed by atoms with Gasteiger partial charge in [0.1, 0.15) is 0 Å². The van der Waals surface area contributed by atoms with Crippen LogP contribution in [0.3, 0.4) is 0 Å². The number of anilines is 1. The summed E-state index contributed by atoms with van der Waals surface area (Å²) >= 11 is 1.49. The van der Waals surface area contributed by atoms with Gasteiger partial charge in [-0.05, 0) is 27.9 Å². The van der Waals surface area contributed by atoms with Gasteiger partial charge in [0.25, 0.3) is 5.82 Å². The van der Waals surface area contributed by atoms with Gasteiger partial charge >= 0.3 is 5.82 Å². The summed E-state index contributed by atoms with van der Waals surface area (Å²) in [6.07, 6.45) is 0. The summed E-state index contributed by atoms with van der Waals surface area (Å²) in [7, 11) is 0. The molecule has 1 aromatic rings. The molecule has 12 heavy (non-hydrogen) atoms. The third kappa shape index (κ3) is 1.10. The van der Waals surface area contributed by atoms with Gasteiger partial charge in [0.05, 0.1) is 0 Å². The Labute approximate surface area is 72.5 Å². The summed E-state index contributed by atoms with van der Waals surface area (Å²) in [6, 6.07) is 3.15. The molecule has 1 aromatic heterocycles. The molecule has 0 bridgehead atoms. The first-order valence-corrected chi connectivity index (χ1v) is 4.28. The van der Waals surface area contributed by atoms with Crippen molar-refractivity contribution in [3.8, 4) is 0 Å². The molecule has 0 spiro atoms. The second-order valence-electron chi connectivity index (χ2n) is 2.33. The van der Waals surface area contributed by atoms with E-state index in [0.717, 1.165) is 11.3 Å². The zero-order valence-corrected chi connectivity index (χ0v) is 6.80. The van der Waals surface area contributed by atoms with Crippen molar-refractivity contribution in [2.45, 2.75) is 5.75 Å². The first-order chi connectivity index (χ1) is 5.77. The topological polar surface area (TPSA) is 68.1 Å². The minimum absolute atomic E-state index is 0.108. The van der Waals surface area contributed by atoms with Gasteiger partial charge in [-0.3, -0.25) is 4.72 Å². The minimum atomic E-state index is -0.495.